The van der Waals surface area contributed by atoms with E-state index in [0.717, 1.165) is 59.8 Å². The maximum atomic E-state index is 6.66. The molecule has 0 fully saturated rings. The van der Waals surface area contributed by atoms with Gasteiger partial charge in [0.15, 0.2) is 0 Å². The van der Waals surface area contributed by atoms with Gasteiger partial charge in [0.25, 0.3) is 0 Å². The molecular weight excluding hydrogens is 945 g/mol. The van der Waals surface area contributed by atoms with Gasteiger partial charge in [-0.1, -0.05) is 260 Å². The van der Waals surface area contributed by atoms with Gasteiger partial charge in [-0.3, -0.25) is 0 Å². The summed E-state index contributed by atoms with van der Waals surface area (Å²) < 4.78 is 13.3. The summed E-state index contributed by atoms with van der Waals surface area (Å²) in [4.78, 5) is 0. The van der Waals surface area contributed by atoms with E-state index in [1.807, 2.05) is 0 Å². The number of fused-ring (bicyclic) bond motifs is 6. The average Bonchev–Trinajstić information content (AvgIpc) is 3.50. The maximum absolute atomic E-state index is 6.66. The number of benzene rings is 11. The fourth-order valence-electron chi connectivity index (χ4n) is 11.8. The van der Waals surface area contributed by atoms with Crippen LogP contribution < -0.4 is 9.47 Å². The second kappa shape index (κ2) is 24.4. The minimum atomic E-state index is 0.531. The monoisotopic (exact) mass is 1020 g/mol. The summed E-state index contributed by atoms with van der Waals surface area (Å²) in [5.41, 5.74) is 16.5. The third-order valence-electron chi connectivity index (χ3n) is 16.3. The van der Waals surface area contributed by atoms with Crippen molar-refractivity contribution in [2.45, 2.75) is 79.1 Å². The first-order chi connectivity index (χ1) is 38.5. The van der Waals surface area contributed by atoms with Crippen LogP contribution in [0.2, 0.25) is 0 Å². The van der Waals surface area contributed by atoms with E-state index in [2.05, 4.69) is 258 Å². The quantitative estimate of drug-likeness (QED) is 0.0668. The summed E-state index contributed by atoms with van der Waals surface area (Å²) in [5, 5.41) is 7.31. The summed E-state index contributed by atoms with van der Waals surface area (Å²) in [6.45, 7) is 10.6. The molecule has 0 amide bonds. The van der Waals surface area contributed by atoms with E-state index in [0.29, 0.717) is 11.8 Å². The van der Waals surface area contributed by atoms with Crippen LogP contribution in [0.15, 0.2) is 231 Å². The number of hydrogen-bond donors (Lipinski definition) is 0. The highest BCUT2D eigenvalue weighted by molar-refractivity contribution is 6.35. The molecule has 0 spiro atoms. The fourth-order valence-corrected chi connectivity index (χ4v) is 11.8. The van der Waals surface area contributed by atoms with E-state index >= 15 is 0 Å². The van der Waals surface area contributed by atoms with Crippen molar-refractivity contribution < 1.29 is 9.47 Å². The van der Waals surface area contributed by atoms with E-state index in [1.54, 1.807) is 0 Å². The molecule has 11 aromatic rings. The van der Waals surface area contributed by atoms with Crippen molar-refractivity contribution in [3.63, 3.8) is 0 Å². The van der Waals surface area contributed by atoms with Gasteiger partial charge < -0.3 is 9.47 Å². The van der Waals surface area contributed by atoms with Crippen LogP contribution in [0.1, 0.15) is 79.1 Å². The minimum absolute atomic E-state index is 0.531. The van der Waals surface area contributed by atoms with Crippen molar-refractivity contribution in [1.82, 2.24) is 0 Å². The van der Waals surface area contributed by atoms with Gasteiger partial charge in [-0.2, -0.15) is 0 Å². The predicted octanol–water partition coefficient (Wildman–Crippen LogP) is 22.0. The summed E-state index contributed by atoms with van der Waals surface area (Å²) in [6, 6.07) is 85.3. The van der Waals surface area contributed by atoms with Gasteiger partial charge in [0.2, 0.25) is 0 Å². The molecule has 0 N–H and O–H groups in total. The highest BCUT2D eigenvalue weighted by atomic mass is 16.5. The molecule has 0 aliphatic carbocycles. The highest BCUT2D eigenvalue weighted by Crippen LogP contribution is 2.55. The zero-order valence-electron chi connectivity index (χ0n) is 46.0. The van der Waals surface area contributed by atoms with Gasteiger partial charge in [0.05, 0.1) is 13.2 Å². The predicted molar refractivity (Wildman–Crippen MR) is 335 cm³/mol. The first-order valence-corrected chi connectivity index (χ1v) is 28.8. The van der Waals surface area contributed by atoms with Gasteiger partial charge in [-0.05, 0) is 171 Å². The van der Waals surface area contributed by atoms with Crippen molar-refractivity contribution in [2.75, 3.05) is 13.2 Å². The molecule has 2 unspecified atom stereocenters. The molecule has 0 saturated carbocycles. The summed E-state index contributed by atoms with van der Waals surface area (Å²) in [5.74, 6) is 2.87. The Morgan fingerprint density at radius 2 is 0.577 bits per heavy atom. The van der Waals surface area contributed by atoms with E-state index in [9.17, 15) is 0 Å². The van der Waals surface area contributed by atoms with E-state index in [-0.39, 0.29) is 0 Å². The van der Waals surface area contributed by atoms with Crippen molar-refractivity contribution in [1.29, 1.82) is 0 Å². The molecule has 0 aromatic heterocycles. The van der Waals surface area contributed by atoms with Crippen LogP contribution in [0.5, 0.6) is 11.5 Å². The molecule has 0 heterocycles. The molecular formula is C76H72O2. The van der Waals surface area contributed by atoms with Crippen LogP contribution in [-0.2, 0) is 0 Å². The maximum Gasteiger partial charge on any atom is 0.119 e. The Bertz CT molecular complexity index is 3730. The topological polar surface area (TPSA) is 18.5 Å². The molecule has 11 aromatic carbocycles. The Kier molecular flexibility index (Phi) is 16.2. The lowest BCUT2D eigenvalue weighted by atomic mass is 9.76. The molecule has 11 rings (SSSR count). The van der Waals surface area contributed by atoms with E-state index < -0.39 is 0 Å². The lowest BCUT2D eigenvalue weighted by Crippen LogP contribution is -2.11. The largest absolute Gasteiger partial charge is 0.493 e. The Hall–Kier alpha value is -8.20. The van der Waals surface area contributed by atoms with Crippen LogP contribution in [0, 0.1) is 11.8 Å². The summed E-state index contributed by atoms with van der Waals surface area (Å²) in [7, 11) is 0. The molecule has 0 aliphatic rings. The average molecular weight is 1020 g/mol. The molecule has 2 atom stereocenters. The SMILES string of the molecule is CCCCC(CC)COc1ccc(-c2c(-c3ccccc3)c(-c3ccccc3)c(-c3ccc(OCC(CC)CCCC)cc3)c3c4cc(-c5ccc(-c6ccccc6)cc5)ccc4c4ccc(-c5ccccc5)cc4c23)cc1. The molecule has 2 heteroatoms. The lowest BCUT2D eigenvalue weighted by Gasteiger charge is -2.27. The van der Waals surface area contributed by atoms with E-state index in [4.69, 9.17) is 9.47 Å². The Balaban J connectivity index is 1.25. The third-order valence-corrected chi connectivity index (χ3v) is 16.3. The Morgan fingerprint density at radius 1 is 0.282 bits per heavy atom. The van der Waals surface area contributed by atoms with Gasteiger partial charge in [-0.25, -0.2) is 0 Å². The van der Waals surface area contributed by atoms with Gasteiger partial charge in [0.1, 0.15) is 11.5 Å². The van der Waals surface area contributed by atoms with Crippen molar-refractivity contribution >= 4 is 32.3 Å². The molecule has 0 saturated heterocycles. The molecule has 0 bridgehead atoms. The molecule has 78 heavy (non-hydrogen) atoms. The molecule has 0 aliphatic heterocycles. The van der Waals surface area contributed by atoms with Crippen molar-refractivity contribution in [3.05, 3.63) is 231 Å². The number of rotatable bonds is 21. The number of unbranched alkanes of at least 4 members (excludes halogenated alkanes) is 2. The zero-order valence-corrected chi connectivity index (χ0v) is 46.0. The van der Waals surface area contributed by atoms with Gasteiger partial charge in [0, 0.05) is 0 Å². The summed E-state index contributed by atoms with van der Waals surface area (Å²) >= 11 is 0. The zero-order chi connectivity index (χ0) is 53.2. The Labute approximate surface area is 463 Å². The van der Waals surface area contributed by atoms with Gasteiger partial charge in [-0.15, -0.1) is 0 Å². The Morgan fingerprint density at radius 3 is 0.936 bits per heavy atom. The smallest absolute Gasteiger partial charge is 0.119 e. The van der Waals surface area contributed by atoms with Crippen LogP contribution >= 0.6 is 0 Å². The standard InChI is InChI=1S/C76H72O2/c1-5-9-23-53(7-3)51-77-65-43-37-61(38-44-65)73-71(59-29-19-13-20-30-59)72(60-31-21-14-22-32-60)74(62-39-45-66(46-40-62)78-52-54(8-4)24-10-6-2)76-70-50-64(58-35-33-57(34-36-58)55-25-15-11-16-26-55)42-48-68(70)67-47-41-63(49-69(67)75(73)76)56-27-17-12-18-28-56/h11-22,25-50,53-54H,5-10,23-24,51-52H2,1-4H3. The van der Waals surface area contributed by atoms with Crippen molar-refractivity contribution in [3.8, 4) is 89.4 Å². The van der Waals surface area contributed by atoms with Crippen LogP contribution in [0.3, 0.4) is 0 Å². The van der Waals surface area contributed by atoms with Crippen molar-refractivity contribution in [2.24, 2.45) is 11.8 Å². The molecule has 0 radical (unpaired) electrons. The summed E-state index contributed by atoms with van der Waals surface area (Å²) in [6.07, 6.45) is 9.44. The number of ether oxygens (including phenoxy) is 2. The highest BCUT2D eigenvalue weighted by Gasteiger charge is 2.28. The normalized spacial score (nSPS) is 12.3. The molecule has 2 nitrogen and oxygen atoms in total. The number of hydrogen-bond acceptors (Lipinski definition) is 2. The van der Waals surface area contributed by atoms with Crippen LogP contribution in [0.4, 0.5) is 0 Å². The first-order valence-electron chi connectivity index (χ1n) is 28.8. The first kappa shape index (κ1) is 51.9. The van der Waals surface area contributed by atoms with E-state index in [1.165, 1.54) is 126 Å². The molecule has 388 valence electrons. The van der Waals surface area contributed by atoms with Crippen LogP contribution in [0.25, 0.3) is 110 Å². The third kappa shape index (κ3) is 11.0. The van der Waals surface area contributed by atoms with Crippen LogP contribution in [-0.4, -0.2) is 13.2 Å². The fraction of sp³-hybridized carbons (Fsp3) is 0.211. The second-order valence-corrected chi connectivity index (χ2v) is 21.3. The second-order valence-electron chi connectivity index (χ2n) is 21.3. The lowest BCUT2D eigenvalue weighted by molar-refractivity contribution is 0.233. The minimum Gasteiger partial charge on any atom is -0.493 e. The van der Waals surface area contributed by atoms with Gasteiger partial charge >= 0.3 is 0 Å².